The molecule has 1 heterocycles. The monoisotopic (exact) mass is 460 g/mol. The van der Waals surface area contributed by atoms with E-state index in [1.54, 1.807) is 24.3 Å². The summed E-state index contributed by atoms with van der Waals surface area (Å²) < 4.78 is 1.86. The Morgan fingerprint density at radius 2 is 1.72 bits per heavy atom. The molecule has 0 amide bonds. The summed E-state index contributed by atoms with van der Waals surface area (Å²) in [5.41, 5.74) is 5.23. The fourth-order valence-corrected chi connectivity index (χ4v) is 2.79. The molecule has 0 fully saturated rings. The Balaban J connectivity index is 1.82. The minimum absolute atomic E-state index is 0.156. The molecular formula is C18H14Br2N4O. The van der Waals surface area contributed by atoms with E-state index in [0.717, 1.165) is 20.2 Å². The van der Waals surface area contributed by atoms with Crippen molar-refractivity contribution >= 4 is 43.9 Å². The average Bonchev–Trinajstić information content (AvgIpc) is 2.58. The molecule has 3 rings (SSSR count). The maximum Gasteiger partial charge on any atom is 0.161 e. The molecule has 7 heteroatoms. The molecule has 126 valence electrons. The number of rotatable bonds is 4. The van der Waals surface area contributed by atoms with Gasteiger partial charge in [0, 0.05) is 31.8 Å². The summed E-state index contributed by atoms with van der Waals surface area (Å²) in [6.45, 7) is 1.90. The van der Waals surface area contributed by atoms with Crippen LogP contribution in [0.15, 0.2) is 62.6 Å². The molecule has 1 aromatic heterocycles. The number of aromatic hydroxyl groups is 1. The van der Waals surface area contributed by atoms with E-state index < -0.39 is 0 Å². The summed E-state index contributed by atoms with van der Waals surface area (Å²) in [6.07, 6.45) is 1.54. The summed E-state index contributed by atoms with van der Waals surface area (Å²) in [6, 6.07) is 14.7. The third kappa shape index (κ3) is 4.64. The number of aryl methyl sites for hydroxylation is 1. The van der Waals surface area contributed by atoms with Crippen molar-refractivity contribution in [3.63, 3.8) is 0 Å². The van der Waals surface area contributed by atoms with E-state index in [4.69, 9.17) is 0 Å². The second kappa shape index (κ2) is 7.76. The Morgan fingerprint density at radius 1 is 1.00 bits per heavy atom. The summed E-state index contributed by atoms with van der Waals surface area (Å²) >= 11 is 6.78. The molecule has 0 atom stereocenters. The first-order valence-corrected chi connectivity index (χ1v) is 8.99. The van der Waals surface area contributed by atoms with Crippen LogP contribution in [-0.4, -0.2) is 21.3 Å². The number of aromatic nitrogens is 2. The average molecular weight is 462 g/mol. The summed E-state index contributed by atoms with van der Waals surface area (Å²) in [5, 5.41) is 14.0. The molecule has 0 aliphatic carbocycles. The zero-order valence-corrected chi connectivity index (χ0v) is 16.4. The lowest BCUT2D eigenvalue weighted by molar-refractivity contribution is 0.474. The highest BCUT2D eigenvalue weighted by molar-refractivity contribution is 9.10. The van der Waals surface area contributed by atoms with Gasteiger partial charge in [-0.05, 0) is 37.3 Å². The van der Waals surface area contributed by atoms with Gasteiger partial charge in [-0.15, -0.1) is 0 Å². The fourth-order valence-electron chi connectivity index (χ4n) is 2.15. The number of benzene rings is 2. The molecule has 0 radical (unpaired) electrons. The quantitative estimate of drug-likeness (QED) is 0.417. The Labute approximate surface area is 162 Å². The highest BCUT2D eigenvalue weighted by Crippen LogP contribution is 2.21. The van der Waals surface area contributed by atoms with Crippen LogP contribution >= 0.6 is 31.9 Å². The number of phenolic OH excluding ortho intramolecular Hbond substituents is 1. The number of anilines is 1. The standard InChI is InChI=1S/C18H14Br2N4O/c1-11-8-17(23-18(22-11)12-2-4-14(19)5-3-12)24-21-10-13-9-15(20)6-7-16(13)25/h2-10,25H,1H3,(H,22,23,24)/b21-10-. The Kier molecular flexibility index (Phi) is 5.45. The Morgan fingerprint density at radius 3 is 2.48 bits per heavy atom. The van der Waals surface area contributed by atoms with Gasteiger partial charge in [0.25, 0.3) is 0 Å². The van der Waals surface area contributed by atoms with Crippen molar-refractivity contribution in [1.82, 2.24) is 9.97 Å². The first-order valence-electron chi connectivity index (χ1n) is 7.40. The van der Waals surface area contributed by atoms with Gasteiger partial charge in [-0.2, -0.15) is 5.10 Å². The van der Waals surface area contributed by atoms with Crippen molar-refractivity contribution in [2.75, 3.05) is 5.43 Å². The van der Waals surface area contributed by atoms with Crippen LogP contribution in [-0.2, 0) is 0 Å². The molecule has 25 heavy (non-hydrogen) atoms. The lowest BCUT2D eigenvalue weighted by Gasteiger charge is -2.06. The van der Waals surface area contributed by atoms with Gasteiger partial charge in [-0.25, -0.2) is 9.97 Å². The number of hydrogen-bond acceptors (Lipinski definition) is 5. The van der Waals surface area contributed by atoms with Crippen LogP contribution in [0, 0.1) is 6.92 Å². The third-order valence-electron chi connectivity index (χ3n) is 3.33. The van der Waals surface area contributed by atoms with Crippen molar-refractivity contribution in [3.8, 4) is 17.1 Å². The topological polar surface area (TPSA) is 70.4 Å². The zero-order valence-electron chi connectivity index (χ0n) is 13.2. The third-order valence-corrected chi connectivity index (χ3v) is 4.35. The van der Waals surface area contributed by atoms with Crippen LogP contribution in [0.5, 0.6) is 5.75 Å². The van der Waals surface area contributed by atoms with Crippen LogP contribution < -0.4 is 5.43 Å². The number of phenols is 1. The molecule has 2 aromatic carbocycles. The second-order valence-corrected chi connectivity index (χ2v) is 7.13. The second-order valence-electron chi connectivity index (χ2n) is 5.30. The first kappa shape index (κ1) is 17.6. The molecule has 3 aromatic rings. The molecular weight excluding hydrogens is 448 g/mol. The van der Waals surface area contributed by atoms with E-state index >= 15 is 0 Å². The highest BCUT2D eigenvalue weighted by atomic mass is 79.9. The molecule has 0 bridgehead atoms. The number of nitrogens with zero attached hydrogens (tertiary/aromatic N) is 3. The normalized spacial score (nSPS) is 11.0. The van der Waals surface area contributed by atoms with Crippen molar-refractivity contribution in [2.24, 2.45) is 5.10 Å². The summed E-state index contributed by atoms with van der Waals surface area (Å²) in [5.74, 6) is 1.36. The van der Waals surface area contributed by atoms with Crippen molar-refractivity contribution in [3.05, 3.63) is 68.7 Å². The summed E-state index contributed by atoms with van der Waals surface area (Å²) in [4.78, 5) is 8.94. The molecule has 0 aliphatic rings. The highest BCUT2D eigenvalue weighted by Gasteiger charge is 2.05. The number of hydrazone groups is 1. The van der Waals surface area contributed by atoms with E-state index in [9.17, 15) is 5.11 Å². The van der Waals surface area contributed by atoms with Crippen molar-refractivity contribution in [2.45, 2.75) is 6.92 Å². The lowest BCUT2D eigenvalue weighted by Crippen LogP contribution is -1.99. The minimum atomic E-state index is 0.156. The summed E-state index contributed by atoms with van der Waals surface area (Å²) in [7, 11) is 0. The predicted octanol–water partition coefficient (Wildman–Crippen LogP) is 5.13. The van der Waals surface area contributed by atoms with E-state index in [2.05, 4.69) is 52.4 Å². The number of hydrogen-bond donors (Lipinski definition) is 2. The molecule has 5 nitrogen and oxygen atoms in total. The maximum atomic E-state index is 9.82. The van der Waals surface area contributed by atoms with Gasteiger partial charge >= 0.3 is 0 Å². The van der Waals surface area contributed by atoms with Crippen LogP contribution in [0.1, 0.15) is 11.3 Å². The SMILES string of the molecule is Cc1cc(N/N=C\c2cc(Br)ccc2O)nc(-c2ccc(Br)cc2)n1. The molecule has 0 spiro atoms. The van der Waals surface area contributed by atoms with Gasteiger partial charge in [0.15, 0.2) is 11.6 Å². The molecule has 2 N–H and O–H groups in total. The first-order chi connectivity index (χ1) is 12.0. The van der Waals surface area contributed by atoms with Gasteiger partial charge in [0.1, 0.15) is 5.75 Å². The van der Waals surface area contributed by atoms with Gasteiger partial charge in [0.05, 0.1) is 6.21 Å². The smallest absolute Gasteiger partial charge is 0.161 e. The van der Waals surface area contributed by atoms with Crippen molar-refractivity contribution < 1.29 is 5.11 Å². The van der Waals surface area contributed by atoms with E-state index in [1.165, 1.54) is 6.21 Å². The van der Waals surface area contributed by atoms with E-state index in [1.807, 2.05) is 31.2 Å². The van der Waals surface area contributed by atoms with Crippen molar-refractivity contribution in [1.29, 1.82) is 0 Å². The molecule has 0 saturated carbocycles. The lowest BCUT2D eigenvalue weighted by atomic mass is 10.2. The number of halogens is 2. The van der Waals surface area contributed by atoms with Gasteiger partial charge < -0.3 is 5.11 Å². The van der Waals surface area contributed by atoms with Gasteiger partial charge in [0.2, 0.25) is 0 Å². The van der Waals surface area contributed by atoms with Crippen LogP contribution in [0.25, 0.3) is 11.4 Å². The number of nitrogens with one attached hydrogen (secondary N) is 1. The predicted molar refractivity (Wildman–Crippen MR) is 107 cm³/mol. The van der Waals surface area contributed by atoms with E-state index in [-0.39, 0.29) is 5.75 Å². The van der Waals surface area contributed by atoms with Gasteiger partial charge in [-0.1, -0.05) is 44.0 Å². The van der Waals surface area contributed by atoms with Crippen LogP contribution in [0.3, 0.4) is 0 Å². The molecule has 0 aliphatic heterocycles. The van der Waals surface area contributed by atoms with Gasteiger partial charge in [-0.3, -0.25) is 5.43 Å². The molecule has 0 saturated heterocycles. The largest absolute Gasteiger partial charge is 0.507 e. The van der Waals surface area contributed by atoms with E-state index in [0.29, 0.717) is 17.2 Å². The minimum Gasteiger partial charge on any atom is -0.507 e. The van der Waals surface area contributed by atoms with Crippen LogP contribution in [0.2, 0.25) is 0 Å². The molecule has 0 unspecified atom stereocenters. The maximum absolute atomic E-state index is 9.82. The Bertz CT molecular complexity index is 927. The van der Waals surface area contributed by atoms with Crippen LogP contribution in [0.4, 0.5) is 5.82 Å². The fraction of sp³-hybridized carbons (Fsp3) is 0.0556. The zero-order chi connectivity index (χ0) is 17.8. The Hall–Kier alpha value is -2.25.